The number of hydrogen-bond donors (Lipinski definition) is 1. The standard InChI is InChI=1S/C32H34N6O/c1-22-16-23(2)18-26(17-22)30-20-28(32(39)33-10-11-37-14-12-36(3)13-15-37)29-21-34-38(31(29)35-30)27-9-8-24-6-4-5-7-25(24)19-27/h4-9,16-21H,10-15H2,1-3H3,(H,33,39). The van der Waals surface area contributed by atoms with E-state index in [1.165, 1.54) is 5.39 Å². The van der Waals surface area contributed by atoms with Crippen molar-refractivity contribution in [3.63, 3.8) is 0 Å². The number of amides is 1. The van der Waals surface area contributed by atoms with Crippen LogP contribution in [0.4, 0.5) is 0 Å². The predicted molar refractivity (Wildman–Crippen MR) is 158 cm³/mol. The van der Waals surface area contributed by atoms with Crippen molar-refractivity contribution < 1.29 is 4.79 Å². The molecule has 3 heterocycles. The van der Waals surface area contributed by atoms with Crippen LogP contribution in [0.5, 0.6) is 0 Å². The second-order valence-electron chi connectivity index (χ2n) is 10.7. The number of piperazine rings is 1. The maximum atomic E-state index is 13.6. The number of nitrogens with one attached hydrogen (secondary N) is 1. The minimum absolute atomic E-state index is 0.0970. The molecule has 0 saturated carbocycles. The molecule has 0 radical (unpaired) electrons. The molecule has 6 rings (SSSR count). The van der Waals surface area contributed by atoms with Gasteiger partial charge >= 0.3 is 0 Å². The Bertz CT molecular complexity index is 1640. The van der Waals surface area contributed by atoms with Crippen LogP contribution in [0.2, 0.25) is 0 Å². The van der Waals surface area contributed by atoms with Crippen LogP contribution in [0.1, 0.15) is 21.5 Å². The lowest BCUT2D eigenvalue weighted by molar-refractivity contribution is 0.0942. The molecule has 1 saturated heterocycles. The largest absolute Gasteiger partial charge is 0.351 e. The van der Waals surface area contributed by atoms with Gasteiger partial charge < -0.3 is 10.2 Å². The highest BCUT2D eigenvalue weighted by Gasteiger charge is 2.19. The smallest absolute Gasteiger partial charge is 0.252 e. The van der Waals surface area contributed by atoms with E-state index in [2.05, 4.69) is 84.5 Å². The summed E-state index contributed by atoms with van der Waals surface area (Å²) in [5.74, 6) is -0.0970. The third-order valence-corrected chi connectivity index (χ3v) is 7.59. The molecule has 0 bridgehead atoms. The van der Waals surface area contributed by atoms with Gasteiger partial charge in [-0.15, -0.1) is 0 Å². The number of carbonyl (C=O) groups excluding carboxylic acids is 1. The van der Waals surface area contributed by atoms with Crippen LogP contribution in [0.25, 0.3) is 38.8 Å². The maximum Gasteiger partial charge on any atom is 0.252 e. The lowest BCUT2D eigenvalue weighted by atomic mass is 10.0. The van der Waals surface area contributed by atoms with Gasteiger partial charge in [0.05, 0.1) is 28.5 Å². The Morgan fingerprint density at radius 1 is 0.897 bits per heavy atom. The van der Waals surface area contributed by atoms with Gasteiger partial charge in [-0.25, -0.2) is 9.67 Å². The summed E-state index contributed by atoms with van der Waals surface area (Å²) < 4.78 is 1.84. The van der Waals surface area contributed by atoms with Crippen molar-refractivity contribution in [2.45, 2.75) is 13.8 Å². The van der Waals surface area contributed by atoms with Crippen LogP contribution in [-0.4, -0.2) is 76.8 Å². The molecule has 2 aromatic heterocycles. The number of aromatic nitrogens is 3. The number of likely N-dealkylation sites (N-methyl/N-ethyl adjacent to an activating group) is 1. The number of hydrogen-bond acceptors (Lipinski definition) is 5. The highest BCUT2D eigenvalue weighted by atomic mass is 16.1. The second kappa shape index (κ2) is 10.6. The van der Waals surface area contributed by atoms with Gasteiger partial charge in [0.15, 0.2) is 5.65 Å². The monoisotopic (exact) mass is 518 g/mol. The van der Waals surface area contributed by atoms with E-state index in [0.29, 0.717) is 17.8 Å². The number of pyridine rings is 1. The molecule has 0 atom stereocenters. The SMILES string of the molecule is Cc1cc(C)cc(-c2cc(C(=O)NCCN3CCN(C)CC3)c3cnn(-c4ccc5ccccc5c4)c3n2)c1. The molecule has 0 aliphatic carbocycles. The molecule has 1 fully saturated rings. The van der Waals surface area contributed by atoms with Crippen LogP contribution in [0.3, 0.4) is 0 Å². The van der Waals surface area contributed by atoms with Gasteiger partial charge in [0, 0.05) is 44.8 Å². The molecule has 1 N–H and O–H groups in total. The van der Waals surface area contributed by atoms with E-state index in [-0.39, 0.29) is 5.91 Å². The Morgan fingerprint density at radius 3 is 2.41 bits per heavy atom. The zero-order chi connectivity index (χ0) is 26.9. The number of nitrogens with zero attached hydrogens (tertiary/aromatic N) is 5. The van der Waals surface area contributed by atoms with E-state index in [1.807, 2.05) is 22.9 Å². The summed E-state index contributed by atoms with van der Waals surface area (Å²) in [4.78, 5) is 23.4. The van der Waals surface area contributed by atoms with E-state index in [4.69, 9.17) is 10.1 Å². The van der Waals surface area contributed by atoms with Crippen molar-refractivity contribution in [1.82, 2.24) is 29.9 Å². The molecular formula is C32H34N6O. The Balaban J connectivity index is 1.38. The highest BCUT2D eigenvalue weighted by Crippen LogP contribution is 2.28. The van der Waals surface area contributed by atoms with E-state index in [9.17, 15) is 4.79 Å². The molecule has 5 aromatic rings. The lowest BCUT2D eigenvalue weighted by Crippen LogP contribution is -2.46. The summed E-state index contributed by atoms with van der Waals surface area (Å²) in [7, 11) is 2.15. The van der Waals surface area contributed by atoms with Crippen molar-refractivity contribution in [2.75, 3.05) is 46.3 Å². The number of benzene rings is 3. The molecule has 7 nitrogen and oxygen atoms in total. The summed E-state index contributed by atoms with van der Waals surface area (Å²) in [6.45, 7) is 9.79. The summed E-state index contributed by atoms with van der Waals surface area (Å²) >= 11 is 0. The first kappa shape index (κ1) is 25.2. The van der Waals surface area contributed by atoms with Crippen LogP contribution in [0, 0.1) is 13.8 Å². The normalized spacial score (nSPS) is 14.7. The fourth-order valence-corrected chi connectivity index (χ4v) is 5.45. The van der Waals surface area contributed by atoms with Crippen molar-refractivity contribution >= 4 is 27.7 Å². The van der Waals surface area contributed by atoms with Crippen molar-refractivity contribution in [3.8, 4) is 16.9 Å². The first-order chi connectivity index (χ1) is 18.9. The number of carbonyl (C=O) groups is 1. The second-order valence-corrected chi connectivity index (χ2v) is 10.7. The maximum absolute atomic E-state index is 13.6. The van der Waals surface area contributed by atoms with Gasteiger partial charge in [-0.3, -0.25) is 9.69 Å². The summed E-state index contributed by atoms with van der Waals surface area (Å²) in [5, 5.41) is 10.9. The summed E-state index contributed by atoms with van der Waals surface area (Å²) in [6.07, 6.45) is 1.76. The summed E-state index contributed by atoms with van der Waals surface area (Å²) in [5.41, 5.74) is 6.26. The minimum Gasteiger partial charge on any atom is -0.351 e. The topological polar surface area (TPSA) is 66.3 Å². The fraction of sp³-hybridized carbons (Fsp3) is 0.281. The lowest BCUT2D eigenvalue weighted by Gasteiger charge is -2.32. The molecule has 0 spiro atoms. The molecule has 1 aliphatic heterocycles. The molecule has 1 aliphatic rings. The van der Waals surface area contributed by atoms with Gasteiger partial charge in [-0.1, -0.05) is 47.5 Å². The third-order valence-electron chi connectivity index (χ3n) is 7.59. The van der Waals surface area contributed by atoms with E-state index >= 15 is 0 Å². The summed E-state index contributed by atoms with van der Waals surface area (Å²) in [6, 6.07) is 22.8. The molecule has 0 unspecified atom stereocenters. The molecule has 39 heavy (non-hydrogen) atoms. The van der Waals surface area contributed by atoms with Gasteiger partial charge in [0.2, 0.25) is 0 Å². The first-order valence-electron chi connectivity index (χ1n) is 13.6. The Labute approximate surface area is 229 Å². The van der Waals surface area contributed by atoms with Crippen molar-refractivity contribution in [1.29, 1.82) is 0 Å². The van der Waals surface area contributed by atoms with Gasteiger partial charge in [0.1, 0.15) is 0 Å². The van der Waals surface area contributed by atoms with Gasteiger partial charge in [-0.2, -0.15) is 5.10 Å². The molecule has 198 valence electrons. The molecule has 1 amide bonds. The van der Waals surface area contributed by atoms with Crippen LogP contribution in [-0.2, 0) is 0 Å². The van der Waals surface area contributed by atoms with Crippen LogP contribution >= 0.6 is 0 Å². The van der Waals surface area contributed by atoms with Gasteiger partial charge in [-0.05, 0) is 62.0 Å². The number of fused-ring (bicyclic) bond motifs is 2. The highest BCUT2D eigenvalue weighted by molar-refractivity contribution is 6.06. The molecular weight excluding hydrogens is 484 g/mol. The van der Waals surface area contributed by atoms with Crippen LogP contribution in [0.15, 0.2) is 72.9 Å². The Morgan fingerprint density at radius 2 is 1.64 bits per heavy atom. The number of rotatable bonds is 6. The average Bonchev–Trinajstić information content (AvgIpc) is 3.37. The van der Waals surface area contributed by atoms with E-state index < -0.39 is 0 Å². The zero-order valence-corrected chi connectivity index (χ0v) is 22.8. The average molecular weight is 519 g/mol. The van der Waals surface area contributed by atoms with Crippen molar-refractivity contribution in [2.24, 2.45) is 0 Å². The van der Waals surface area contributed by atoms with E-state index in [0.717, 1.165) is 71.6 Å². The van der Waals surface area contributed by atoms with Crippen LogP contribution < -0.4 is 5.32 Å². The van der Waals surface area contributed by atoms with Gasteiger partial charge in [0.25, 0.3) is 5.91 Å². The molecule has 3 aromatic carbocycles. The minimum atomic E-state index is -0.0970. The Kier molecular flexibility index (Phi) is 6.85. The van der Waals surface area contributed by atoms with E-state index in [1.54, 1.807) is 6.20 Å². The number of aryl methyl sites for hydroxylation is 2. The Hall–Kier alpha value is -4.07. The van der Waals surface area contributed by atoms with Crippen molar-refractivity contribution in [3.05, 3.63) is 89.6 Å². The first-order valence-corrected chi connectivity index (χ1v) is 13.6. The molecule has 7 heteroatoms. The zero-order valence-electron chi connectivity index (χ0n) is 22.8. The third kappa shape index (κ3) is 5.28. The predicted octanol–water partition coefficient (Wildman–Crippen LogP) is 4.83. The quantitative estimate of drug-likeness (QED) is 0.349. The fourth-order valence-electron chi connectivity index (χ4n) is 5.45.